The number of aromatic nitrogens is 2. The lowest BCUT2D eigenvalue weighted by Crippen LogP contribution is -2.26. The first-order chi connectivity index (χ1) is 7.75. The molecule has 5 heteroatoms. The molecule has 5 nitrogen and oxygen atoms in total. The van der Waals surface area contributed by atoms with Crippen molar-refractivity contribution >= 4 is 0 Å². The summed E-state index contributed by atoms with van der Waals surface area (Å²) < 4.78 is 12.7. The van der Waals surface area contributed by atoms with Crippen LogP contribution in [-0.4, -0.2) is 29.3 Å². The second-order valence-corrected chi connectivity index (χ2v) is 4.16. The van der Waals surface area contributed by atoms with Crippen LogP contribution in [0.4, 0.5) is 0 Å². The normalized spacial score (nSPS) is 19.9. The second kappa shape index (κ2) is 5.43. The number of aryl methyl sites for hydroxylation is 1. The molecule has 16 heavy (non-hydrogen) atoms. The third kappa shape index (κ3) is 3.04. The summed E-state index contributed by atoms with van der Waals surface area (Å²) in [5.74, 6) is 0. The van der Waals surface area contributed by atoms with Crippen LogP contribution in [0.3, 0.4) is 0 Å². The molecule has 90 valence electrons. The van der Waals surface area contributed by atoms with Crippen LogP contribution in [0, 0.1) is 0 Å². The Hall–Kier alpha value is -0.910. The largest absolute Gasteiger partial charge is 0.353 e. The van der Waals surface area contributed by atoms with Gasteiger partial charge in [0.25, 0.3) is 0 Å². The van der Waals surface area contributed by atoms with Crippen molar-refractivity contribution in [2.45, 2.75) is 31.6 Å². The highest BCUT2D eigenvalue weighted by Gasteiger charge is 2.16. The van der Waals surface area contributed by atoms with Crippen molar-refractivity contribution in [3.8, 4) is 0 Å². The summed E-state index contributed by atoms with van der Waals surface area (Å²) in [5, 5.41) is 4.11. The Morgan fingerprint density at radius 2 is 2.31 bits per heavy atom. The van der Waals surface area contributed by atoms with Gasteiger partial charge in [0.15, 0.2) is 6.29 Å². The first kappa shape index (κ1) is 11.6. The van der Waals surface area contributed by atoms with Crippen molar-refractivity contribution in [2.75, 3.05) is 13.2 Å². The molecule has 2 heterocycles. The Morgan fingerprint density at radius 3 is 2.94 bits per heavy atom. The first-order valence-electron chi connectivity index (χ1n) is 5.73. The Kier molecular flexibility index (Phi) is 3.93. The summed E-state index contributed by atoms with van der Waals surface area (Å²) >= 11 is 0. The zero-order valence-electron chi connectivity index (χ0n) is 9.63. The SMILES string of the molecule is Cn1cc([C@@H](N)CCC2OCCCO2)cn1. The predicted molar refractivity (Wildman–Crippen MR) is 59.7 cm³/mol. The molecule has 2 rings (SSSR count). The summed E-state index contributed by atoms with van der Waals surface area (Å²) in [4.78, 5) is 0. The van der Waals surface area contributed by atoms with Gasteiger partial charge in [-0.3, -0.25) is 4.68 Å². The van der Waals surface area contributed by atoms with Gasteiger partial charge in [-0.15, -0.1) is 0 Å². The molecule has 0 radical (unpaired) electrons. The van der Waals surface area contributed by atoms with Crippen LogP contribution in [0.5, 0.6) is 0 Å². The van der Waals surface area contributed by atoms with Gasteiger partial charge < -0.3 is 15.2 Å². The standard InChI is InChI=1S/C11H19N3O2/c1-14-8-9(7-13-14)10(12)3-4-11-15-5-2-6-16-11/h7-8,10-11H,2-6,12H2,1H3/t10-/m0/s1. The maximum atomic E-state index is 6.06. The number of hydrogen-bond acceptors (Lipinski definition) is 4. The molecule has 0 amide bonds. The van der Waals surface area contributed by atoms with Crippen molar-refractivity contribution in [2.24, 2.45) is 12.8 Å². The molecule has 0 aliphatic carbocycles. The quantitative estimate of drug-likeness (QED) is 0.829. The molecule has 0 unspecified atom stereocenters. The van der Waals surface area contributed by atoms with Crippen molar-refractivity contribution < 1.29 is 9.47 Å². The summed E-state index contributed by atoms with van der Waals surface area (Å²) in [5.41, 5.74) is 7.13. The molecule has 1 aromatic rings. The van der Waals surface area contributed by atoms with Gasteiger partial charge in [-0.2, -0.15) is 5.10 Å². The van der Waals surface area contributed by atoms with E-state index in [-0.39, 0.29) is 12.3 Å². The Balaban J connectivity index is 1.76. The molecule has 1 aliphatic heterocycles. The molecule has 0 aromatic carbocycles. The minimum atomic E-state index is -0.0727. The lowest BCUT2D eigenvalue weighted by atomic mass is 10.1. The fraction of sp³-hybridized carbons (Fsp3) is 0.727. The van der Waals surface area contributed by atoms with Crippen LogP contribution < -0.4 is 5.73 Å². The molecule has 1 saturated heterocycles. The van der Waals surface area contributed by atoms with Crippen LogP contribution >= 0.6 is 0 Å². The zero-order valence-corrected chi connectivity index (χ0v) is 9.63. The number of ether oxygens (including phenoxy) is 2. The van der Waals surface area contributed by atoms with Crippen LogP contribution in [0.25, 0.3) is 0 Å². The van der Waals surface area contributed by atoms with Crippen molar-refractivity contribution in [1.29, 1.82) is 0 Å². The van der Waals surface area contributed by atoms with E-state index in [0.29, 0.717) is 0 Å². The Labute approximate surface area is 95.5 Å². The molecular formula is C11H19N3O2. The third-order valence-electron chi connectivity index (χ3n) is 2.76. The highest BCUT2D eigenvalue weighted by Crippen LogP contribution is 2.18. The molecule has 0 bridgehead atoms. The first-order valence-corrected chi connectivity index (χ1v) is 5.73. The molecular weight excluding hydrogens is 206 g/mol. The molecule has 1 fully saturated rings. The molecule has 1 aliphatic rings. The zero-order chi connectivity index (χ0) is 11.4. The topological polar surface area (TPSA) is 62.3 Å². The van der Waals surface area contributed by atoms with Crippen molar-refractivity contribution in [3.63, 3.8) is 0 Å². The van der Waals surface area contributed by atoms with E-state index in [0.717, 1.165) is 38.0 Å². The van der Waals surface area contributed by atoms with E-state index >= 15 is 0 Å². The Bertz CT molecular complexity index is 321. The van der Waals surface area contributed by atoms with Gasteiger partial charge in [0, 0.05) is 31.3 Å². The van der Waals surface area contributed by atoms with Gasteiger partial charge in [-0.1, -0.05) is 0 Å². The molecule has 1 aromatic heterocycles. The number of nitrogens with zero attached hydrogens (tertiary/aromatic N) is 2. The number of rotatable bonds is 4. The van der Waals surface area contributed by atoms with Gasteiger partial charge >= 0.3 is 0 Å². The summed E-state index contributed by atoms with van der Waals surface area (Å²) in [7, 11) is 1.89. The molecule has 2 N–H and O–H groups in total. The minimum absolute atomic E-state index is 0.0165. The highest BCUT2D eigenvalue weighted by atomic mass is 16.7. The molecule has 0 saturated carbocycles. The van der Waals surface area contributed by atoms with Gasteiger partial charge in [0.2, 0.25) is 0 Å². The van der Waals surface area contributed by atoms with E-state index in [1.807, 2.05) is 19.4 Å². The third-order valence-corrected chi connectivity index (χ3v) is 2.76. The van der Waals surface area contributed by atoms with Gasteiger partial charge in [-0.05, 0) is 12.8 Å². The van der Waals surface area contributed by atoms with E-state index in [9.17, 15) is 0 Å². The molecule has 0 spiro atoms. The van der Waals surface area contributed by atoms with Gasteiger partial charge in [0.05, 0.1) is 19.4 Å². The maximum Gasteiger partial charge on any atom is 0.157 e. The summed E-state index contributed by atoms with van der Waals surface area (Å²) in [6, 6.07) is 0.0165. The summed E-state index contributed by atoms with van der Waals surface area (Å²) in [6.45, 7) is 1.60. The van der Waals surface area contributed by atoms with Gasteiger partial charge in [-0.25, -0.2) is 0 Å². The monoisotopic (exact) mass is 225 g/mol. The average Bonchev–Trinajstić information content (AvgIpc) is 2.74. The molecule has 1 atom stereocenters. The summed E-state index contributed by atoms with van der Waals surface area (Å²) in [6.07, 6.45) is 6.38. The van der Waals surface area contributed by atoms with E-state index in [4.69, 9.17) is 15.2 Å². The van der Waals surface area contributed by atoms with Crippen molar-refractivity contribution in [3.05, 3.63) is 18.0 Å². The van der Waals surface area contributed by atoms with E-state index < -0.39 is 0 Å². The Morgan fingerprint density at radius 1 is 1.56 bits per heavy atom. The van der Waals surface area contributed by atoms with E-state index in [2.05, 4.69) is 5.10 Å². The lowest BCUT2D eigenvalue weighted by molar-refractivity contribution is -0.182. The number of nitrogens with two attached hydrogens (primary N) is 1. The van der Waals surface area contributed by atoms with Crippen LogP contribution in [0.1, 0.15) is 30.9 Å². The lowest BCUT2D eigenvalue weighted by Gasteiger charge is -2.24. The van der Waals surface area contributed by atoms with Gasteiger partial charge in [0.1, 0.15) is 0 Å². The van der Waals surface area contributed by atoms with Crippen molar-refractivity contribution in [1.82, 2.24) is 9.78 Å². The smallest absolute Gasteiger partial charge is 0.157 e. The minimum Gasteiger partial charge on any atom is -0.353 e. The number of hydrogen-bond donors (Lipinski definition) is 1. The fourth-order valence-electron chi connectivity index (χ4n) is 1.82. The highest BCUT2D eigenvalue weighted by molar-refractivity contribution is 5.09. The maximum absolute atomic E-state index is 6.06. The fourth-order valence-corrected chi connectivity index (χ4v) is 1.82. The second-order valence-electron chi connectivity index (χ2n) is 4.16. The van der Waals surface area contributed by atoms with Crippen LogP contribution in [-0.2, 0) is 16.5 Å². The average molecular weight is 225 g/mol. The van der Waals surface area contributed by atoms with Crippen LogP contribution in [0.2, 0.25) is 0 Å². The van der Waals surface area contributed by atoms with Crippen LogP contribution in [0.15, 0.2) is 12.4 Å². The predicted octanol–water partition coefficient (Wildman–Crippen LogP) is 0.963. The van der Waals surface area contributed by atoms with E-state index in [1.54, 1.807) is 4.68 Å². The van der Waals surface area contributed by atoms with E-state index in [1.165, 1.54) is 0 Å².